The van der Waals surface area contributed by atoms with Crippen molar-refractivity contribution >= 4 is 29.8 Å². The highest BCUT2D eigenvalue weighted by Gasteiger charge is 2.06. The summed E-state index contributed by atoms with van der Waals surface area (Å²) < 4.78 is 20.2. The van der Waals surface area contributed by atoms with E-state index in [9.17, 15) is 24.0 Å². The number of aliphatic hydroxyl groups excluding tert-OH is 2. The summed E-state index contributed by atoms with van der Waals surface area (Å²) >= 11 is 0. The second kappa shape index (κ2) is 88.0. The van der Waals surface area contributed by atoms with E-state index in [2.05, 4.69) is 60.6 Å². The van der Waals surface area contributed by atoms with E-state index in [4.69, 9.17) is 34.3 Å². The van der Waals surface area contributed by atoms with Gasteiger partial charge in [0.25, 0.3) is 0 Å². The third-order valence-electron chi connectivity index (χ3n) is 15.9. The second-order valence-corrected chi connectivity index (χ2v) is 26.8. The molecule has 0 spiro atoms. The summed E-state index contributed by atoms with van der Waals surface area (Å²) in [5.41, 5.74) is 2.14. The Kier molecular flexibility index (Phi) is 94.5. The molecule has 1 unspecified atom stereocenters. The van der Waals surface area contributed by atoms with E-state index in [-0.39, 0.29) is 36.1 Å². The monoisotopic (exact) mass is 1350 g/mol. The minimum Gasteiger partial charge on any atom is -0.478 e. The van der Waals surface area contributed by atoms with Gasteiger partial charge in [-0.2, -0.15) is 0 Å². The number of unbranched alkanes of at least 4 members (excludes halogenated alkanes) is 48. The lowest BCUT2D eigenvalue weighted by Crippen LogP contribution is -2.05. The molecule has 0 aromatic rings. The van der Waals surface area contributed by atoms with Crippen LogP contribution in [0.4, 0.5) is 0 Å². The molecule has 0 aliphatic rings. The predicted molar refractivity (Wildman–Crippen MR) is 407 cm³/mol. The Balaban J connectivity index is -0.000000264. The first kappa shape index (κ1) is 102. The molecule has 0 saturated heterocycles. The SMILES string of the molecule is C=C(C)C(=O)O.C=C(C)C(=O)OCCCCCCCCCCCC.C=C(C)C(=O)OCCCCCCCCCCCCCC.C=C(C)C(=O)OCCCCCCCCCCCCCCCC.C=C(C)C(=O)OCCCCCCCCCCCCCCCCCC.CC(O)CO. The zero-order valence-electron chi connectivity index (χ0n) is 64.4. The second-order valence-electron chi connectivity index (χ2n) is 26.8. The zero-order valence-corrected chi connectivity index (χ0v) is 64.4. The molecule has 0 radical (unpaired) electrons. The zero-order chi connectivity index (χ0) is 72.5. The third-order valence-corrected chi connectivity index (χ3v) is 15.9. The molecule has 0 rings (SSSR count). The molecular weight excluding hydrogens is 1190 g/mol. The topological polar surface area (TPSA) is 183 Å². The van der Waals surface area contributed by atoms with Gasteiger partial charge >= 0.3 is 29.8 Å². The number of aliphatic carboxylic acids is 1. The van der Waals surface area contributed by atoms with E-state index in [1.807, 2.05) is 0 Å². The lowest BCUT2D eigenvalue weighted by atomic mass is 10.0. The number of ether oxygens (including phenoxy) is 4. The van der Waals surface area contributed by atoms with Crippen LogP contribution in [-0.4, -0.2) is 84.3 Å². The Labute approximate surface area is 588 Å². The van der Waals surface area contributed by atoms with E-state index in [0.29, 0.717) is 48.7 Å². The Hall–Kier alpha value is -4.03. The largest absolute Gasteiger partial charge is 0.478 e. The summed E-state index contributed by atoms with van der Waals surface area (Å²) in [5.74, 6) is -1.96. The van der Waals surface area contributed by atoms with E-state index < -0.39 is 12.1 Å². The molecule has 3 N–H and O–H groups in total. The molecule has 0 aliphatic carbocycles. The molecule has 0 aliphatic heterocycles. The highest BCUT2D eigenvalue weighted by Crippen LogP contribution is 2.17. The molecular formula is C83H158O12. The normalized spacial score (nSPS) is 10.6. The van der Waals surface area contributed by atoms with Gasteiger partial charge in [0.15, 0.2) is 0 Å². The van der Waals surface area contributed by atoms with Gasteiger partial charge in [-0.1, -0.05) is 369 Å². The van der Waals surface area contributed by atoms with Crippen LogP contribution < -0.4 is 0 Å². The van der Waals surface area contributed by atoms with Gasteiger partial charge in [-0.05, 0) is 67.2 Å². The number of rotatable bonds is 62. The number of esters is 4. The summed E-state index contributed by atoms with van der Waals surface area (Å²) in [6, 6.07) is 0. The van der Waals surface area contributed by atoms with Gasteiger partial charge in [-0.3, -0.25) is 0 Å². The minimum atomic E-state index is -0.935. The fraction of sp³-hybridized carbons (Fsp3) is 0.819. The average Bonchev–Trinajstić information content (AvgIpc) is 3.76. The summed E-state index contributed by atoms with van der Waals surface area (Å²) in [5, 5.41) is 23.9. The minimum absolute atomic E-state index is 0.139. The first-order valence-corrected chi connectivity index (χ1v) is 39.1. The molecule has 0 heterocycles. The van der Waals surface area contributed by atoms with Gasteiger partial charge in [0.2, 0.25) is 0 Å². The van der Waals surface area contributed by atoms with Crippen molar-refractivity contribution in [2.45, 2.75) is 409 Å². The molecule has 95 heavy (non-hydrogen) atoms. The fourth-order valence-corrected chi connectivity index (χ4v) is 9.63. The average molecular weight is 1350 g/mol. The van der Waals surface area contributed by atoms with Crippen molar-refractivity contribution in [2.24, 2.45) is 0 Å². The Morgan fingerprint density at radius 3 is 0.453 bits per heavy atom. The maximum atomic E-state index is 11.2. The van der Waals surface area contributed by atoms with Crippen LogP contribution in [0, 0.1) is 0 Å². The van der Waals surface area contributed by atoms with Crippen LogP contribution in [0.25, 0.3) is 0 Å². The number of hydrogen-bond donors (Lipinski definition) is 3. The van der Waals surface area contributed by atoms with Crippen molar-refractivity contribution in [3.63, 3.8) is 0 Å². The van der Waals surface area contributed by atoms with Crippen LogP contribution in [-0.2, 0) is 42.9 Å². The Morgan fingerprint density at radius 2 is 0.368 bits per heavy atom. The highest BCUT2D eigenvalue weighted by atomic mass is 16.5. The van der Waals surface area contributed by atoms with Crippen molar-refractivity contribution in [3.05, 3.63) is 60.8 Å². The van der Waals surface area contributed by atoms with Gasteiger partial charge in [-0.25, -0.2) is 24.0 Å². The number of aliphatic hydroxyl groups is 2. The Morgan fingerprint density at radius 1 is 0.263 bits per heavy atom. The van der Waals surface area contributed by atoms with Crippen LogP contribution in [0.5, 0.6) is 0 Å². The van der Waals surface area contributed by atoms with Crippen LogP contribution in [0.2, 0.25) is 0 Å². The highest BCUT2D eigenvalue weighted by molar-refractivity contribution is 5.88. The van der Waals surface area contributed by atoms with Crippen LogP contribution in [0.15, 0.2) is 60.8 Å². The van der Waals surface area contributed by atoms with E-state index >= 15 is 0 Å². The molecule has 0 amide bonds. The van der Waals surface area contributed by atoms with Gasteiger partial charge in [0.05, 0.1) is 39.1 Å². The smallest absolute Gasteiger partial charge is 0.333 e. The molecule has 0 aromatic heterocycles. The van der Waals surface area contributed by atoms with E-state index in [1.54, 1.807) is 27.7 Å². The van der Waals surface area contributed by atoms with Crippen molar-refractivity contribution in [1.82, 2.24) is 0 Å². The molecule has 0 aromatic carbocycles. The summed E-state index contributed by atoms with van der Waals surface area (Å²) in [7, 11) is 0. The molecule has 562 valence electrons. The van der Waals surface area contributed by atoms with Gasteiger partial charge < -0.3 is 34.3 Å². The van der Waals surface area contributed by atoms with E-state index in [1.165, 1.54) is 322 Å². The maximum absolute atomic E-state index is 11.2. The number of carbonyl (C=O) groups is 5. The van der Waals surface area contributed by atoms with Crippen molar-refractivity contribution in [1.29, 1.82) is 0 Å². The van der Waals surface area contributed by atoms with E-state index in [0.717, 1.165) is 25.7 Å². The van der Waals surface area contributed by atoms with Crippen molar-refractivity contribution < 1.29 is 58.2 Å². The molecule has 1 atom stereocenters. The number of carbonyl (C=O) groups excluding carboxylic acids is 4. The number of hydrogen-bond acceptors (Lipinski definition) is 11. The standard InChI is InChI=1S/C22H42O2.C20H38O2.C18H34O2.C16H30O2.C4H6O2.C3H8O2/c1-4-5-6-7-8-9-10-11-12-13-14-15-16-17-18-19-20-24-22(23)21(2)3;1-4-5-6-7-8-9-10-11-12-13-14-15-16-17-18-22-20(21)19(2)3;1-4-5-6-7-8-9-10-11-12-13-14-15-16-20-18(19)17(2)3;1-4-5-6-7-8-9-10-11-12-13-14-18-16(17)15(2)3;1-3(2)4(5)6;1-3(5)2-4/h2,4-20H2,1,3H3;2,4-18H2,1,3H3;2,4-16H2,1,3H3;2,4-14H2,1,3H3;1H2,2H3,(H,5,6);3-5H,2H2,1H3. The number of carboxylic acid groups (broad SMARTS) is 1. The predicted octanol–water partition coefficient (Wildman–Crippen LogP) is 24.8. The molecule has 0 saturated carbocycles. The first-order chi connectivity index (χ1) is 45.6. The lowest BCUT2D eigenvalue weighted by Gasteiger charge is -2.05. The quantitative estimate of drug-likeness (QED) is 0.0227. The first-order valence-electron chi connectivity index (χ1n) is 39.1. The van der Waals surface area contributed by atoms with Gasteiger partial charge in [0, 0.05) is 27.9 Å². The van der Waals surface area contributed by atoms with Crippen LogP contribution in [0.3, 0.4) is 0 Å². The fourth-order valence-electron chi connectivity index (χ4n) is 9.63. The summed E-state index contributed by atoms with van der Waals surface area (Å²) in [6.07, 6.45) is 68.8. The van der Waals surface area contributed by atoms with Crippen molar-refractivity contribution in [2.75, 3.05) is 33.0 Å². The molecule has 0 bridgehead atoms. The van der Waals surface area contributed by atoms with Gasteiger partial charge in [0.1, 0.15) is 0 Å². The van der Waals surface area contributed by atoms with Crippen LogP contribution in [0.1, 0.15) is 403 Å². The van der Waals surface area contributed by atoms with Crippen molar-refractivity contribution in [3.8, 4) is 0 Å². The molecule has 12 heteroatoms. The maximum Gasteiger partial charge on any atom is 0.333 e. The summed E-state index contributed by atoms with van der Waals surface area (Å²) in [6.45, 7) is 38.2. The molecule has 12 nitrogen and oxygen atoms in total. The number of carboxylic acids is 1. The Bertz CT molecular complexity index is 1720. The lowest BCUT2D eigenvalue weighted by molar-refractivity contribution is -0.139. The van der Waals surface area contributed by atoms with Crippen LogP contribution >= 0.6 is 0 Å². The van der Waals surface area contributed by atoms with Gasteiger partial charge in [-0.15, -0.1) is 0 Å². The molecule has 0 fully saturated rings. The summed E-state index contributed by atoms with van der Waals surface area (Å²) in [4.78, 5) is 54.1. The third kappa shape index (κ3) is 104.